The van der Waals surface area contributed by atoms with E-state index in [1.54, 1.807) is 6.08 Å². The van der Waals surface area contributed by atoms with Gasteiger partial charge in [0.25, 0.3) is 0 Å². The number of aliphatic hydroxyl groups excluding tert-OH is 1. The maximum Gasteiger partial charge on any atom is 0.309 e. The standard InChI is InChI=1S/C29H38O4/c1-17-18-7-8-21-27(4,19(18)15-20(30)23(17)31)12-14-29(6)22-16-26(3,24(32)33)10-9-25(22,2)11-13-28(21,29)5/h7-8,15,22,31H,9-14,16H2,1-6H3,(H,32,33)/t22-,25-,26-,27+,28-,29+/m1/s1. The zero-order valence-corrected chi connectivity index (χ0v) is 21.0. The van der Waals surface area contributed by atoms with Gasteiger partial charge in [0.05, 0.1) is 5.41 Å². The normalized spacial score (nSPS) is 46.8. The number of carboxylic acids is 1. The van der Waals surface area contributed by atoms with Gasteiger partial charge in [-0.05, 0) is 98.2 Å². The lowest BCUT2D eigenvalue weighted by Gasteiger charge is -2.70. The first-order chi connectivity index (χ1) is 15.2. The smallest absolute Gasteiger partial charge is 0.309 e. The first kappa shape index (κ1) is 22.7. The summed E-state index contributed by atoms with van der Waals surface area (Å²) in [5, 5.41) is 20.3. The van der Waals surface area contributed by atoms with E-state index in [1.807, 2.05) is 13.8 Å². The summed E-state index contributed by atoms with van der Waals surface area (Å²) in [6.45, 7) is 13.3. The minimum absolute atomic E-state index is 0.0000746. The molecule has 0 saturated heterocycles. The molecule has 0 aromatic rings. The molecule has 6 atom stereocenters. The third kappa shape index (κ3) is 2.64. The van der Waals surface area contributed by atoms with Gasteiger partial charge in [0.15, 0.2) is 5.76 Å². The van der Waals surface area contributed by atoms with Crippen LogP contribution in [0, 0.1) is 33.0 Å². The number of hydrogen-bond donors (Lipinski definition) is 2. The average Bonchev–Trinajstić information content (AvgIpc) is 2.75. The van der Waals surface area contributed by atoms with Crippen LogP contribution in [0.4, 0.5) is 0 Å². The fourth-order valence-corrected chi connectivity index (χ4v) is 8.65. The number of hydrogen-bond acceptors (Lipinski definition) is 3. The first-order valence-corrected chi connectivity index (χ1v) is 12.6. The molecule has 5 aliphatic carbocycles. The van der Waals surface area contributed by atoms with Gasteiger partial charge < -0.3 is 10.2 Å². The van der Waals surface area contributed by atoms with E-state index in [9.17, 15) is 19.8 Å². The number of fused-ring (bicyclic) bond motifs is 7. The maximum atomic E-state index is 12.6. The van der Waals surface area contributed by atoms with E-state index in [1.165, 1.54) is 5.57 Å². The Morgan fingerprint density at radius 2 is 1.64 bits per heavy atom. The fourth-order valence-electron chi connectivity index (χ4n) is 8.65. The zero-order valence-electron chi connectivity index (χ0n) is 21.0. The van der Waals surface area contributed by atoms with Crippen molar-refractivity contribution in [2.75, 3.05) is 0 Å². The van der Waals surface area contributed by atoms with Gasteiger partial charge in [0.2, 0.25) is 5.78 Å². The van der Waals surface area contributed by atoms with Crippen LogP contribution in [0.1, 0.15) is 86.5 Å². The van der Waals surface area contributed by atoms with Gasteiger partial charge in [-0.2, -0.15) is 0 Å². The molecule has 3 saturated carbocycles. The van der Waals surface area contributed by atoms with Crippen molar-refractivity contribution in [2.24, 2.45) is 33.0 Å². The van der Waals surface area contributed by atoms with Crippen LogP contribution in [0.25, 0.3) is 0 Å². The largest absolute Gasteiger partial charge is 0.504 e. The molecule has 0 aromatic carbocycles. The van der Waals surface area contributed by atoms with Crippen LogP contribution in [-0.4, -0.2) is 22.0 Å². The molecule has 5 aliphatic rings. The van der Waals surface area contributed by atoms with Crippen LogP contribution in [0.2, 0.25) is 0 Å². The molecule has 0 unspecified atom stereocenters. The van der Waals surface area contributed by atoms with Crippen molar-refractivity contribution in [3.8, 4) is 0 Å². The molecule has 0 aromatic heterocycles. The molecule has 0 radical (unpaired) electrons. The number of aliphatic hydroxyl groups is 1. The Morgan fingerprint density at radius 1 is 0.970 bits per heavy atom. The highest BCUT2D eigenvalue weighted by atomic mass is 16.4. The van der Waals surface area contributed by atoms with Gasteiger partial charge in [0, 0.05) is 11.0 Å². The van der Waals surface area contributed by atoms with E-state index in [-0.39, 0.29) is 33.2 Å². The van der Waals surface area contributed by atoms with Crippen LogP contribution in [-0.2, 0) is 9.59 Å². The second-order valence-electron chi connectivity index (χ2n) is 12.9. The van der Waals surface area contributed by atoms with Crippen molar-refractivity contribution in [3.63, 3.8) is 0 Å². The Balaban J connectivity index is 1.64. The lowest BCUT2D eigenvalue weighted by Crippen LogP contribution is -2.62. The van der Waals surface area contributed by atoms with E-state index >= 15 is 0 Å². The average molecular weight is 451 g/mol. The zero-order chi connectivity index (χ0) is 24.2. The summed E-state index contributed by atoms with van der Waals surface area (Å²) in [5.74, 6) is -0.734. The Labute approximate surface area is 197 Å². The van der Waals surface area contributed by atoms with E-state index in [0.717, 1.165) is 56.1 Å². The quantitative estimate of drug-likeness (QED) is 0.466. The molecule has 33 heavy (non-hydrogen) atoms. The molecule has 0 amide bonds. The van der Waals surface area contributed by atoms with Gasteiger partial charge >= 0.3 is 5.97 Å². The highest BCUT2D eigenvalue weighted by Gasteiger charge is 2.67. The van der Waals surface area contributed by atoms with Gasteiger partial charge in [-0.15, -0.1) is 0 Å². The number of aliphatic carboxylic acids is 1. The van der Waals surface area contributed by atoms with Crippen molar-refractivity contribution in [3.05, 3.63) is 46.3 Å². The molecule has 178 valence electrons. The number of allylic oxidation sites excluding steroid dienone is 7. The predicted molar refractivity (Wildman–Crippen MR) is 129 cm³/mol. The van der Waals surface area contributed by atoms with Gasteiger partial charge in [-0.3, -0.25) is 9.59 Å². The van der Waals surface area contributed by atoms with E-state index in [2.05, 4.69) is 39.8 Å². The third-order valence-corrected chi connectivity index (χ3v) is 11.4. The maximum absolute atomic E-state index is 12.6. The van der Waals surface area contributed by atoms with Gasteiger partial charge in [-0.25, -0.2) is 0 Å². The van der Waals surface area contributed by atoms with Crippen molar-refractivity contribution in [1.82, 2.24) is 0 Å². The molecule has 4 nitrogen and oxygen atoms in total. The van der Waals surface area contributed by atoms with Crippen LogP contribution < -0.4 is 0 Å². The Morgan fingerprint density at radius 3 is 2.30 bits per heavy atom. The van der Waals surface area contributed by atoms with Crippen LogP contribution >= 0.6 is 0 Å². The van der Waals surface area contributed by atoms with E-state index < -0.39 is 11.4 Å². The molecule has 0 spiro atoms. The summed E-state index contributed by atoms with van der Waals surface area (Å²) >= 11 is 0. The van der Waals surface area contributed by atoms with Crippen LogP contribution in [0.5, 0.6) is 0 Å². The van der Waals surface area contributed by atoms with Crippen molar-refractivity contribution in [1.29, 1.82) is 0 Å². The number of carbonyl (C=O) groups is 2. The Kier molecular flexibility index (Phi) is 4.48. The summed E-state index contributed by atoms with van der Waals surface area (Å²) in [5.41, 5.74) is 3.33. The van der Waals surface area contributed by atoms with Crippen LogP contribution in [0.15, 0.2) is 46.3 Å². The summed E-state index contributed by atoms with van der Waals surface area (Å²) in [6, 6.07) is 0. The summed E-state index contributed by atoms with van der Waals surface area (Å²) < 4.78 is 0. The summed E-state index contributed by atoms with van der Waals surface area (Å²) in [7, 11) is 0. The van der Waals surface area contributed by atoms with Crippen molar-refractivity contribution in [2.45, 2.75) is 86.5 Å². The topological polar surface area (TPSA) is 74.6 Å². The van der Waals surface area contributed by atoms with E-state index in [4.69, 9.17) is 0 Å². The lowest BCUT2D eigenvalue weighted by atomic mass is 9.34. The molecule has 0 bridgehead atoms. The SMILES string of the molecule is CC1=C(O)C(=O)C=C2C1=CC=C1[C@@]2(C)CC[C@@]2(C)[C@@H]3C[C@](C)(C(=O)O)CC[C@]3(C)CC[C@]12C. The van der Waals surface area contributed by atoms with Crippen molar-refractivity contribution >= 4 is 11.8 Å². The molecule has 0 aliphatic heterocycles. The molecule has 5 rings (SSSR count). The first-order valence-electron chi connectivity index (χ1n) is 12.6. The Hall–Kier alpha value is -2.10. The fraction of sp³-hybridized carbons (Fsp3) is 0.655. The minimum Gasteiger partial charge on any atom is -0.504 e. The van der Waals surface area contributed by atoms with Gasteiger partial charge in [-0.1, -0.05) is 45.4 Å². The molecular formula is C29H38O4. The number of ketones is 1. The highest BCUT2D eigenvalue weighted by molar-refractivity contribution is 6.06. The Bertz CT molecular complexity index is 1100. The summed E-state index contributed by atoms with van der Waals surface area (Å²) in [6.07, 6.45) is 12.7. The lowest BCUT2D eigenvalue weighted by molar-refractivity contribution is -0.178. The van der Waals surface area contributed by atoms with Gasteiger partial charge in [0.1, 0.15) is 0 Å². The molecular weight excluding hydrogens is 412 g/mol. The van der Waals surface area contributed by atoms with Crippen LogP contribution in [0.3, 0.4) is 0 Å². The molecule has 0 heterocycles. The molecule has 3 fully saturated rings. The third-order valence-electron chi connectivity index (χ3n) is 11.4. The second kappa shape index (κ2) is 6.52. The van der Waals surface area contributed by atoms with E-state index in [0.29, 0.717) is 11.5 Å². The number of carboxylic acid groups (broad SMARTS) is 1. The highest BCUT2D eigenvalue weighted by Crippen LogP contribution is 2.75. The molecule has 2 N–H and O–H groups in total. The van der Waals surface area contributed by atoms with Crippen molar-refractivity contribution < 1.29 is 19.8 Å². The molecule has 4 heteroatoms. The number of rotatable bonds is 1. The minimum atomic E-state index is -0.655. The predicted octanol–water partition coefficient (Wildman–Crippen LogP) is 6.70. The summed E-state index contributed by atoms with van der Waals surface area (Å²) in [4.78, 5) is 24.8. The second-order valence-corrected chi connectivity index (χ2v) is 12.9. The number of carbonyl (C=O) groups excluding carboxylic acids is 1. The monoisotopic (exact) mass is 450 g/mol.